The number of carbonyl (C=O) groups is 1. The summed E-state index contributed by atoms with van der Waals surface area (Å²) in [5.74, 6) is -0.241. The van der Waals surface area contributed by atoms with Crippen LogP contribution < -0.4 is 5.32 Å². The summed E-state index contributed by atoms with van der Waals surface area (Å²) in [6.07, 6.45) is 1.57. The molecule has 0 fully saturated rings. The molecule has 7 heteroatoms. The van der Waals surface area contributed by atoms with E-state index in [1.165, 1.54) is 16.0 Å². The molecule has 19 heavy (non-hydrogen) atoms. The van der Waals surface area contributed by atoms with Gasteiger partial charge in [0.1, 0.15) is 11.2 Å². The summed E-state index contributed by atoms with van der Waals surface area (Å²) in [7, 11) is 1.71. The number of hydrogen-bond donors (Lipinski definition) is 1. The van der Waals surface area contributed by atoms with E-state index >= 15 is 0 Å². The second kappa shape index (κ2) is 4.64. The summed E-state index contributed by atoms with van der Waals surface area (Å²) >= 11 is 7.43. The van der Waals surface area contributed by atoms with Gasteiger partial charge in [-0.15, -0.1) is 0 Å². The maximum Gasteiger partial charge on any atom is 0.275 e. The third kappa shape index (κ3) is 2.20. The lowest BCUT2D eigenvalue weighted by molar-refractivity contribution is 0.101. The number of aromatic nitrogens is 3. The molecule has 0 radical (unpaired) electrons. The molecule has 0 unspecified atom stereocenters. The smallest absolute Gasteiger partial charge is 0.275 e. The predicted octanol–water partition coefficient (Wildman–Crippen LogP) is 2.94. The van der Waals surface area contributed by atoms with E-state index in [9.17, 15) is 4.79 Å². The molecule has 5 nitrogen and oxygen atoms in total. The normalized spacial score (nSPS) is 10.8. The summed E-state index contributed by atoms with van der Waals surface area (Å²) in [6.45, 7) is 0. The third-order valence-electron chi connectivity index (χ3n) is 2.64. The third-order valence-corrected chi connectivity index (χ3v) is 3.88. The number of rotatable bonds is 2. The molecule has 96 valence electrons. The van der Waals surface area contributed by atoms with Gasteiger partial charge in [-0.25, -0.2) is 4.98 Å². The molecule has 0 bridgehead atoms. The average Bonchev–Trinajstić information content (AvgIpc) is 2.95. The first-order valence-electron chi connectivity index (χ1n) is 5.49. The molecule has 3 rings (SSSR count). The van der Waals surface area contributed by atoms with Crippen LogP contribution in [0.2, 0.25) is 5.02 Å². The van der Waals surface area contributed by atoms with Crippen molar-refractivity contribution in [2.24, 2.45) is 7.05 Å². The first-order chi connectivity index (χ1) is 9.15. The minimum atomic E-state index is -0.241. The fourth-order valence-electron chi connectivity index (χ4n) is 1.73. The lowest BCUT2D eigenvalue weighted by atomic mass is 10.3. The highest BCUT2D eigenvalue weighted by molar-refractivity contribution is 7.22. The fourth-order valence-corrected chi connectivity index (χ4v) is 2.89. The lowest BCUT2D eigenvalue weighted by Crippen LogP contribution is -2.15. The number of benzene rings is 1. The maximum atomic E-state index is 12.0. The highest BCUT2D eigenvalue weighted by Crippen LogP contribution is 2.30. The number of amides is 1. The Morgan fingerprint density at radius 2 is 2.26 bits per heavy atom. The molecule has 0 saturated carbocycles. The molecule has 2 aromatic heterocycles. The number of halogens is 1. The van der Waals surface area contributed by atoms with Crippen molar-refractivity contribution in [2.45, 2.75) is 0 Å². The number of nitrogens with one attached hydrogen (secondary N) is 1. The van der Waals surface area contributed by atoms with Crippen LogP contribution in [0.3, 0.4) is 0 Å². The lowest BCUT2D eigenvalue weighted by Gasteiger charge is -2.00. The van der Waals surface area contributed by atoms with Crippen LogP contribution in [-0.2, 0) is 7.05 Å². The van der Waals surface area contributed by atoms with E-state index < -0.39 is 0 Å². The Bertz CT molecular complexity index is 764. The van der Waals surface area contributed by atoms with Gasteiger partial charge < -0.3 is 0 Å². The highest BCUT2D eigenvalue weighted by Gasteiger charge is 2.13. The standard InChI is InChI=1S/C12H9ClN4OS/c1-17-8(5-6-14-17)11(18)16-12-15-10-7(13)3-2-4-9(10)19-12/h2-6H,1H3,(H,15,16,18). The van der Waals surface area contributed by atoms with E-state index in [0.29, 0.717) is 21.4 Å². The van der Waals surface area contributed by atoms with Gasteiger partial charge in [0.25, 0.3) is 5.91 Å². The Kier molecular flexibility index (Phi) is 2.96. The van der Waals surface area contributed by atoms with Crippen LogP contribution in [0, 0.1) is 0 Å². The molecule has 3 aromatic rings. The number of carbonyl (C=O) groups excluding carboxylic acids is 1. The zero-order chi connectivity index (χ0) is 13.4. The van der Waals surface area contributed by atoms with Gasteiger partial charge in [-0.2, -0.15) is 5.10 Å². The van der Waals surface area contributed by atoms with Gasteiger partial charge >= 0.3 is 0 Å². The van der Waals surface area contributed by atoms with Crippen molar-refractivity contribution < 1.29 is 4.79 Å². The van der Waals surface area contributed by atoms with Crippen LogP contribution in [0.15, 0.2) is 30.5 Å². The molecule has 1 amide bonds. The van der Waals surface area contributed by atoms with Crippen molar-refractivity contribution in [3.63, 3.8) is 0 Å². The second-order valence-corrected chi connectivity index (χ2v) is 5.34. The van der Waals surface area contributed by atoms with Crippen molar-refractivity contribution in [1.82, 2.24) is 14.8 Å². The molecule has 0 aliphatic rings. The van der Waals surface area contributed by atoms with E-state index in [4.69, 9.17) is 11.6 Å². The Labute approximate surface area is 117 Å². The summed E-state index contributed by atoms with van der Waals surface area (Å²) in [4.78, 5) is 16.3. The number of aryl methyl sites for hydroxylation is 1. The molecule has 1 aromatic carbocycles. The summed E-state index contributed by atoms with van der Waals surface area (Å²) in [6, 6.07) is 7.19. The van der Waals surface area contributed by atoms with E-state index in [-0.39, 0.29) is 5.91 Å². The average molecular weight is 293 g/mol. The van der Waals surface area contributed by atoms with Crippen molar-refractivity contribution in [1.29, 1.82) is 0 Å². The van der Waals surface area contributed by atoms with Gasteiger partial charge in [0.2, 0.25) is 0 Å². The van der Waals surface area contributed by atoms with Crippen molar-refractivity contribution >= 4 is 44.2 Å². The molecule has 0 saturated heterocycles. The minimum Gasteiger partial charge on any atom is -0.296 e. The Hall–Kier alpha value is -1.92. The Morgan fingerprint density at radius 3 is 2.95 bits per heavy atom. The first kappa shape index (κ1) is 12.1. The topological polar surface area (TPSA) is 59.8 Å². The van der Waals surface area contributed by atoms with E-state index in [2.05, 4.69) is 15.4 Å². The number of fused-ring (bicyclic) bond motifs is 1. The minimum absolute atomic E-state index is 0.241. The summed E-state index contributed by atoms with van der Waals surface area (Å²) in [5.41, 5.74) is 1.18. The number of hydrogen-bond acceptors (Lipinski definition) is 4. The molecular formula is C12H9ClN4OS. The van der Waals surface area contributed by atoms with Crippen LogP contribution in [0.5, 0.6) is 0 Å². The molecule has 0 spiro atoms. The zero-order valence-electron chi connectivity index (χ0n) is 9.92. The molecular weight excluding hydrogens is 284 g/mol. The van der Waals surface area contributed by atoms with Gasteiger partial charge in [-0.3, -0.25) is 14.8 Å². The van der Waals surface area contributed by atoms with E-state index in [1.54, 1.807) is 25.4 Å². The zero-order valence-corrected chi connectivity index (χ0v) is 11.5. The van der Waals surface area contributed by atoms with Crippen molar-refractivity contribution in [3.05, 3.63) is 41.2 Å². The molecule has 1 N–H and O–H groups in total. The van der Waals surface area contributed by atoms with Crippen LogP contribution in [0.4, 0.5) is 5.13 Å². The van der Waals surface area contributed by atoms with Crippen LogP contribution in [-0.4, -0.2) is 20.7 Å². The molecule has 0 aliphatic carbocycles. The molecule has 2 heterocycles. The SMILES string of the molecule is Cn1nccc1C(=O)Nc1nc2c(Cl)cccc2s1. The van der Waals surface area contributed by atoms with Gasteiger partial charge in [-0.05, 0) is 18.2 Å². The molecule has 0 atom stereocenters. The fraction of sp³-hybridized carbons (Fsp3) is 0.0833. The maximum absolute atomic E-state index is 12.0. The van der Waals surface area contributed by atoms with Crippen LogP contribution in [0.25, 0.3) is 10.2 Å². The van der Waals surface area contributed by atoms with Gasteiger partial charge in [0.05, 0.1) is 9.72 Å². The largest absolute Gasteiger partial charge is 0.296 e. The summed E-state index contributed by atoms with van der Waals surface area (Å²) in [5, 5.41) is 7.81. The molecule has 0 aliphatic heterocycles. The predicted molar refractivity (Wildman–Crippen MR) is 75.8 cm³/mol. The van der Waals surface area contributed by atoms with Gasteiger partial charge in [-0.1, -0.05) is 29.0 Å². The van der Waals surface area contributed by atoms with Gasteiger partial charge in [0, 0.05) is 13.2 Å². The first-order valence-corrected chi connectivity index (χ1v) is 6.69. The number of para-hydroxylation sites is 1. The number of anilines is 1. The monoisotopic (exact) mass is 292 g/mol. The highest BCUT2D eigenvalue weighted by atomic mass is 35.5. The second-order valence-electron chi connectivity index (χ2n) is 3.90. The quantitative estimate of drug-likeness (QED) is 0.790. The van der Waals surface area contributed by atoms with E-state index in [0.717, 1.165) is 4.70 Å². The van der Waals surface area contributed by atoms with Crippen LogP contribution in [0.1, 0.15) is 10.5 Å². The summed E-state index contributed by atoms with van der Waals surface area (Å²) < 4.78 is 2.45. The van der Waals surface area contributed by atoms with Crippen LogP contribution >= 0.6 is 22.9 Å². The number of thiazole rings is 1. The number of nitrogens with zero attached hydrogens (tertiary/aromatic N) is 3. The van der Waals surface area contributed by atoms with Crippen molar-refractivity contribution in [2.75, 3.05) is 5.32 Å². The van der Waals surface area contributed by atoms with Crippen molar-refractivity contribution in [3.8, 4) is 0 Å². The van der Waals surface area contributed by atoms with Gasteiger partial charge in [0.15, 0.2) is 5.13 Å². The Morgan fingerprint density at radius 1 is 1.42 bits per heavy atom. The van der Waals surface area contributed by atoms with E-state index in [1.807, 2.05) is 12.1 Å². The Balaban J connectivity index is 1.92.